The van der Waals surface area contributed by atoms with Gasteiger partial charge in [-0.25, -0.2) is 0 Å². The Bertz CT molecular complexity index is 200. The zero-order valence-electron chi connectivity index (χ0n) is 9.86. The van der Waals surface area contributed by atoms with Crippen molar-refractivity contribution in [1.29, 1.82) is 0 Å². The Kier molecular flexibility index (Phi) is 5.05. The predicted octanol–water partition coefficient (Wildman–Crippen LogP) is 0.764. The topological polar surface area (TPSA) is 38.8 Å². The molecule has 0 bridgehead atoms. The number of piperidine rings is 1. The fraction of sp³-hybridized carbons (Fsp3) is 0.909. The molecule has 0 amide bonds. The summed E-state index contributed by atoms with van der Waals surface area (Å²) in [6, 6.07) is 0. The van der Waals surface area contributed by atoms with Gasteiger partial charge >= 0.3 is 5.97 Å². The van der Waals surface area contributed by atoms with Gasteiger partial charge in [-0.3, -0.25) is 4.79 Å². The van der Waals surface area contributed by atoms with Gasteiger partial charge in [-0.05, 0) is 38.9 Å². The molecule has 0 aromatic heterocycles. The van der Waals surface area contributed by atoms with Crippen molar-refractivity contribution in [3.8, 4) is 0 Å². The molecule has 15 heavy (non-hydrogen) atoms. The van der Waals surface area contributed by atoms with Gasteiger partial charge in [0.05, 0.1) is 19.6 Å². The second-order valence-electron chi connectivity index (χ2n) is 4.23. The molecule has 1 heterocycles. The first-order valence-electron chi connectivity index (χ1n) is 5.44. The molecule has 0 aromatic carbocycles. The number of carbonyl (C=O) groups excluding carboxylic acids is 1. The van der Waals surface area contributed by atoms with E-state index in [0.717, 1.165) is 25.9 Å². The molecule has 4 nitrogen and oxygen atoms in total. The number of rotatable bonds is 4. The number of esters is 1. The van der Waals surface area contributed by atoms with E-state index in [-0.39, 0.29) is 11.9 Å². The Labute approximate surface area is 91.5 Å². The van der Waals surface area contributed by atoms with Crippen molar-refractivity contribution in [3.05, 3.63) is 0 Å². The van der Waals surface area contributed by atoms with Crippen LogP contribution >= 0.6 is 0 Å². The minimum Gasteiger partial charge on any atom is -0.469 e. The molecule has 1 saturated heterocycles. The van der Waals surface area contributed by atoms with Crippen molar-refractivity contribution in [2.24, 2.45) is 11.8 Å². The van der Waals surface area contributed by atoms with Crippen LogP contribution in [0.15, 0.2) is 0 Å². The first-order valence-corrected chi connectivity index (χ1v) is 5.44. The molecular weight excluding hydrogens is 194 g/mol. The van der Waals surface area contributed by atoms with E-state index in [4.69, 9.17) is 9.47 Å². The largest absolute Gasteiger partial charge is 0.469 e. The molecular formula is C11H21NO3. The Morgan fingerprint density at radius 1 is 1.40 bits per heavy atom. The molecule has 4 heteroatoms. The maximum atomic E-state index is 11.6. The van der Waals surface area contributed by atoms with Gasteiger partial charge in [-0.1, -0.05) is 0 Å². The van der Waals surface area contributed by atoms with Crippen molar-refractivity contribution >= 4 is 5.97 Å². The molecule has 0 aliphatic carbocycles. The lowest BCUT2D eigenvalue weighted by atomic mass is 9.85. The van der Waals surface area contributed by atoms with Gasteiger partial charge in [0.1, 0.15) is 0 Å². The molecule has 0 radical (unpaired) electrons. The molecule has 1 rings (SSSR count). The summed E-state index contributed by atoms with van der Waals surface area (Å²) in [6.45, 7) is 2.59. The van der Waals surface area contributed by atoms with Gasteiger partial charge < -0.3 is 14.4 Å². The van der Waals surface area contributed by atoms with E-state index in [9.17, 15) is 4.79 Å². The van der Waals surface area contributed by atoms with Gasteiger partial charge in [0.15, 0.2) is 0 Å². The number of carbonyl (C=O) groups is 1. The normalized spacial score (nSPS) is 21.3. The van der Waals surface area contributed by atoms with Crippen LogP contribution in [-0.4, -0.2) is 51.8 Å². The van der Waals surface area contributed by atoms with Crippen LogP contribution < -0.4 is 0 Å². The summed E-state index contributed by atoms with van der Waals surface area (Å²) in [7, 11) is 5.19. The molecule has 1 unspecified atom stereocenters. The lowest BCUT2D eigenvalue weighted by molar-refractivity contribution is -0.150. The Balaban J connectivity index is 2.51. The van der Waals surface area contributed by atoms with Crippen LogP contribution in [0, 0.1) is 11.8 Å². The monoisotopic (exact) mass is 215 g/mol. The second kappa shape index (κ2) is 6.08. The zero-order chi connectivity index (χ0) is 11.3. The highest BCUT2D eigenvalue weighted by Crippen LogP contribution is 2.25. The molecule has 0 saturated carbocycles. The van der Waals surface area contributed by atoms with Crippen LogP contribution in [-0.2, 0) is 14.3 Å². The van der Waals surface area contributed by atoms with Crippen LogP contribution in [0.2, 0.25) is 0 Å². The molecule has 0 spiro atoms. The van der Waals surface area contributed by atoms with Crippen LogP contribution in [0.1, 0.15) is 12.8 Å². The lowest BCUT2D eigenvalue weighted by Crippen LogP contribution is -2.38. The SMILES string of the molecule is COCC(C(=O)OC)C1CCN(C)CC1. The minimum absolute atomic E-state index is 0.0892. The smallest absolute Gasteiger partial charge is 0.311 e. The fourth-order valence-electron chi connectivity index (χ4n) is 2.16. The Morgan fingerprint density at radius 3 is 2.47 bits per heavy atom. The summed E-state index contributed by atoms with van der Waals surface area (Å²) in [5.74, 6) is 0.189. The van der Waals surface area contributed by atoms with E-state index in [0.29, 0.717) is 12.5 Å². The van der Waals surface area contributed by atoms with Crippen molar-refractivity contribution in [2.45, 2.75) is 12.8 Å². The van der Waals surface area contributed by atoms with E-state index in [1.54, 1.807) is 7.11 Å². The first kappa shape index (κ1) is 12.5. The summed E-state index contributed by atoms with van der Waals surface area (Å²) in [4.78, 5) is 13.9. The van der Waals surface area contributed by atoms with Crippen molar-refractivity contribution in [3.63, 3.8) is 0 Å². The summed E-state index contributed by atoms with van der Waals surface area (Å²) in [5, 5.41) is 0. The number of hydrogen-bond donors (Lipinski definition) is 0. The number of methoxy groups -OCH3 is 2. The first-order chi connectivity index (χ1) is 7.19. The number of likely N-dealkylation sites (tertiary alicyclic amines) is 1. The van der Waals surface area contributed by atoms with Crippen LogP contribution in [0.5, 0.6) is 0 Å². The molecule has 1 aliphatic heterocycles. The van der Waals surface area contributed by atoms with Crippen LogP contribution in [0.25, 0.3) is 0 Å². The third-order valence-corrected chi connectivity index (χ3v) is 3.18. The molecule has 1 atom stereocenters. The molecule has 88 valence electrons. The Morgan fingerprint density at radius 2 is 2.00 bits per heavy atom. The zero-order valence-corrected chi connectivity index (χ0v) is 9.86. The van der Waals surface area contributed by atoms with E-state index in [1.807, 2.05) is 0 Å². The molecule has 0 N–H and O–H groups in total. The average molecular weight is 215 g/mol. The van der Waals surface area contributed by atoms with E-state index < -0.39 is 0 Å². The standard InChI is InChI=1S/C11H21NO3/c1-12-6-4-9(5-7-12)10(8-14-2)11(13)15-3/h9-10H,4-8H2,1-3H3. The Hall–Kier alpha value is -0.610. The summed E-state index contributed by atoms with van der Waals surface area (Å²) < 4.78 is 9.90. The third kappa shape index (κ3) is 3.47. The van der Waals surface area contributed by atoms with E-state index in [1.165, 1.54) is 7.11 Å². The summed E-state index contributed by atoms with van der Waals surface area (Å²) in [5.41, 5.74) is 0. The molecule has 0 aromatic rings. The number of nitrogens with zero attached hydrogens (tertiary/aromatic N) is 1. The van der Waals surface area contributed by atoms with E-state index in [2.05, 4.69) is 11.9 Å². The van der Waals surface area contributed by atoms with Gasteiger partial charge in [0.25, 0.3) is 0 Å². The maximum absolute atomic E-state index is 11.6. The highest BCUT2D eigenvalue weighted by atomic mass is 16.5. The van der Waals surface area contributed by atoms with Crippen LogP contribution in [0.4, 0.5) is 0 Å². The highest BCUT2D eigenvalue weighted by Gasteiger charge is 2.31. The molecule has 1 aliphatic rings. The van der Waals surface area contributed by atoms with Crippen molar-refractivity contribution in [2.75, 3.05) is 41.0 Å². The predicted molar refractivity (Wildman–Crippen MR) is 57.6 cm³/mol. The van der Waals surface area contributed by atoms with Crippen LogP contribution in [0.3, 0.4) is 0 Å². The maximum Gasteiger partial charge on any atom is 0.311 e. The van der Waals surface area contributed by atoms with Crippen molar-refractivity contribution < 1.29 is 14.3 Å². The average Bonchev–Trinajstić information content (AvgIpc) is 2.26. The molecule has 1 fully saturated rings. The number of hydrogen-bond acceptors (Lipinski definition) is 4. The lowest BCUT2D eigenvalue weighted by Gasteiger charge is -2.32. The number of ether oxygens (including phenoxy) is 2. The highest BCUT2D eigenvalue weighted by molar-refractivity contribution is 5.72. The van der Waals surface area contributed by atoms with Gasteiger partial charge in [-0.2, -0.15) is 0 Å². The minimum atomic E-state index is -0.133. The van der Waals surface area contributed by atoms with Gasteiger partial charge in [0.2, 0.25) is 0 Å². The summed E-state index contributed by atoms with van der Waals surface area (Å²) >= 11 is 0. The van der Waals surface area contributed by atoms with Gasteiger partial charge in [0, 0.05) is 7.11 Å². The second-order valence-corrected chi connectivity index (χ2v) is 4.23. The van der Waals surface area contributed by atoms with E-state index >= 15 is 0 Å². The van der Waals surface area contributed by atoms with Gasteiger partial charge in [-0.15, -0.1) is 0 Å². The third-order valence-electron chi connectivity index (χ3n) is 3.18. The quantitative estimate of drug-likeness (QED) is 0.649. The summed E-state index contributed by atoms with van der Waals surface area (Å²) in [6.07, 6.45) is 2.11. The fourth-order valence-corrected chi connectivity index (χ4v) is 2.16. The van der Waals surface area contributed by atoms with Crippen molar-refractivity contribution in [1.82, 2.24) is 4.90 Å².